The summed E-state index contributed by atoms with van der Waals surface area (Å²) in [5.74, 6) is 0. The van der Waals surface area contributed by atoms with Gasteiger partial charge in [0.15, 0.2) is 0 Å². The number of ether oxygens (including phenoxy) is 1. The van der Waals surface area contributed by atoms with Gasteiger partial charge in [-0.15, -0.1) is 0 Å². The highest BCUT2D eigenvalue weighted by Gasteiger charge is 2.46. The third kappa shape index (κ3) is 1.37. The summed E-state index contributed by atoms with van der Waals surface area (Å²) < 4.78 is 10.3. The summed E-state index contributed by atoms with van der Waals surface area (Å²) in [5, 5.41) is 8.65. The van der Waals surface area contributed by atoms with Crippen LogP contribution in [0.5, 0.6) is 0 Å². The summed E-state index contributed by atoms with van der Waals surface area (Å²) in [6.45, 7) is 4.92. The first-order valence-corrected chi connectivity index (χ1v) is 5.57. The van der Waals surface area contributed by atoms with Gasteiger partial charge in [-0.05, 0) is 0 Å². The van der Waals surface area contributed by atoms with Crippen LogP contribution in [0.2, 0.25) is 13.1 Å². The van der Waals surface area contributed by atoms with E-state index in [0.717, 1.165) is 0 Å². The highest BCUT2D eigenvalue weighted by Crippen LogP contribution is 2.21. The van der Waals surface area contributed by atoms with Gasteiger partial charge in [0.05, 0.1) is 26.3 Å². The van der Waals surface area contributed by atoms with Crippen molar-refractivity contribution in [1.82, 2.24) is 0 Å². The maximum atomic E-state index is 8.65. The first kappa shape index (κ1) is 7.73. The van der Waals surface area contributed by atoms with Gasteiger partial charge in [-0.2, -0.15) is 5.26 Å². The Hall–Kier alpha value is -0.373. The molecule has 1 heterocycles. The van der Waals surface area contributed by atoms with Crippen molar-refractivity contribution in [3.05, 3.63) is 0 Å². The molecule has 0 radical (unpaired) electrons. The van der Waals surface area contributed by atoms with E-state index in [1.165, 1.54) is 0 Å². The Bertz CT molecular complexity index is 160. The molecule has 0 spiro atoms. The number of hydrogen-bond donors (Lipinski definition) is 0. The second-order valence-electron chi connectivity index (χ2n) is 2.61. The van der Waals surface area contributed by atoms with Crippen LogP contribution in [0.1, 0.15) is 0 Å². The van der Waals surface area contributed by atoms with E-state index in [-0.39, 0.29) is 0 Å². The Balaban J connectivity index is 2.43. The fourth-order valence-electron chi connectivity index (χ4n) is 0.824. The highest BCUT2D eigenvalue weighted by molar-refractivity contribution is 6.48. The molecule has 1 aliphatic heterocycles. The smallest absolute Gasteiger partial charge is 0.373 e. The number of nitriles is 1. The lowest BCUT2D eigenvalue weighted by atomic mass is 10.1. The summed E-state index contributed by atoms with van der Waals surface area (Å²) >= 11 is 0. The first-order valence-electron chi connectivity index (χ1n) is 3.17. The minimum atomic E-state index is -0.767. The third-order valence-electron chi connectivity index (χ3n) is 1.27. The second-order valence-corrected chi connectivity index (χ2v) is 4.63. The molecule has 10 heavy (non-hydrogen) atoms. The standard InChI is InChI=1S/C6H10NO2Si/c1-10(2)9-6(3-7)4-8-5-6/h4-5H2,1-2H3/q+1. The average Bonchev–Trinajstić information content (AvgIpc) is 1.78. The van der Waals surface area contributed by atoms with E-state index in [1.807, 2.05) is 13.1 Å². The van der Waals surface area contributed by atoms with Crippen molar-refractivity contribution in [2.24, 2.45) is 0 Å². The van der Waals surface area contributed by atoms with E-state index in [1.54, 1.807) is 0 Å². The first-order chi connectivity index (χ1) is 4.68. The Morgan fingerprint density at radius 1 is 1.60 bits per heavy atom. The van der Waals surface area contributed by atoms with Crippen molar-refractivity contribution in [1.29, 1.82) is 5.26 Å². The Kier molecular flexibility index (Phi) is 2.09. The van der Waals surface area contributed by atoms with Gasteiger partial charge < -0.3 is 4.74 Å². The molecule has 0 N–H and O–H groups in total. The van der Waals surface area contributed by atoms with Gasteiger partial charge in [-0.25, -0.2) is 4.43 Å². The molecular weight excluding hydrogens is 146 g/mol. The fraction of sp³-hybridized carbons (Fsp3) is 0.833. The van der Waals surface area contributed by atoms with Crippen molar-refractivity contribution in [2.75, 3.05) is 13.2 Å². The molecule has 1 aliphatic rings. The van der Waals surface area contributed by atoms with Gasteiger partial charge in [0.1, 0.15) is 6.07 Å². The van der Waals surface area contributed by atoms with Crippen LogP contribution < -0.4 is 0 Å². The number of rotatable bonds is 2. The molecule has 0 bridgehead atoms. The molecule has 0 saturated carbocycles. The highest BCUT2D eigenvalue weighted by atomic mass is 28.3. The van der Waals surface area contributed by atoms with Crippen LogP contribution >= 0.6 is 0 Å². The molecule has 0 amide bonds. The van der Waals surface area contributed by atoms with Crippen molar-refractivity contribution >= 4 is 9.04 Å². The summed E-state index contributed by atoms with van der Waals surface area (Å²) in [6.07, 6.45) is 0. The van der Waals surface area contributed by atoms with Gasteiger partial charge in [0, 0.05) is 0 Å². The van der Waals surface area contributed by atoms with Crippen LogP contribution in [-0.4, -0.2) is 27.9 Å². The van der Waals surface area contributed by atoms with Gasteiger partial charge >= 0.3 is 9.04 Å². The topological polar surface area (TPSA) is 42.2 Å². The Morgan fingerprint density at radius 2 is 2.20 bits per heavy atom. The SMILES string of the molecule is C[Si+](C)OC1(C#N)COC1. The van der Waals surface area contributed by atoms with Crippen LogP contribution in [0.25, 0.3) is 0 Å². The number of hydrogen-bond acceptors (Lipinski definition) is 3. The molecular formula is C6H10NO2Si+. The largest absolute Gasteiger partial charge is 0.469 e. The van der Waals surface area contributed by atoms with E-state index < -0.39 is 14.6 Å². The Labute approximate surface area is 62.3 Å². The van der Waals surface area contributed by atoms with E-state index >= 15 is 0 Å². The molecule has 1 rings (SSSR count). The zero-order valence-corrected chi connectivity index (χ0v) is 7.18. The van der Waals surface area contributed by atoms with Crippen LogP contribution in [0.3, 0.4) is 0 Å². The summed E-state index contributed by atoms with van der Waals surface area (Å²) in [6, 6.07) is 2.12. The maximum Gasteiger partial charge on any atom is 0.469 e. The molecule has 0 aromatic rings. The van der Waals surface area contributed by atoms with E-state index in [4.69, 9.17) is 14.4 Å². The molecule has 0 aromatic carbocycles. The van der Waals surface area contributed by atoms with Crippen molar-refractivity contribution < 1.29 is 9.16 Å². The Morgan fingerprint density at radius 3 is 2.30 bits per heavy atom. The lowest BCUT2D eigenvalue weighted by molar-refractivity contribution is -0.128. The number of nitrogens with zero attached hydrogens (tertiary/aromatic N) is 1. The fourth-order valence-corrected chi connectivity index (χ4v) is 1.77. The van der Waals surface area contributed by atoms with Crippen LogP contribution in [0.4, 0.5) is 0 Å². The summed E-state index contributed by atoms with van der Waals surface area (Å²) in [5.41, 5.74) is -0.586. The quantitative estimate of drug-likeness (QED) is 0.548. The van der Waals surface area contributed by atoms with Gasteiger partial charge in [0.25, 0.3) is 0 Å². The predicted octanol–water partition coefficient (Wildman–Crippen LogP) is 0.547. The van der Waals surface area contributed by atoms with Crippen LogP contribution in [0.15, 0.2) is 0 Å². The van der Waals surface area contributed by atoms with Crippen molar-refractivity contribution in [3.8, 4) is 6.07 Å². The minimum absolute atomic E-state index is 0.444. The lowest BCUT2D eigenvalue weighted by Gasteiger charge is -2.30. The van der Waals surface area contributed by atoms with E-state index in [9.17, 15) is 0 Å². The van der Waals surface area contributed by atoms with Crippen molar-refractivity contribution in [2.45, 2.75) is 18.7 Å². The molecule has 4 heteroatoms. The zero-order chi connectivity index (χ0) is 7.61. The molecule has 1 fully saturated rings. The molecule has 3 nitrogen and oxygen atoms in total. The molecule has 0 aromatic heterocycles. The van der Waals surface area contributed by atoms with E-state index in [0.29, 0.717) is 13.2 Å². The normalized spacial score (nSPS) is 20.9. The minimum Gasteiger partial charge on any atom is -0.373 e. The summed E-state index contributed by atoms with van der Waals surface area (Å²) in [4.78, 5) is 0. The molecule has 54 valence electrons. The summed E-state index contributed by atoms with van der Waals surface area (Å²) in [7, 11) is -0.767. The molecule has 0 atom stereocenters. The van der Waals surface area contributed by atoms with Crippen LogP contribution in [-0.2, 0) is 9.16 Å². The van der Waals surface area contributed by atoms with Gasteiger partial charge in [-0.3, -0.25) is 0 Å². The maximum absolute atomic E-state index is 8.65. The van der Waals surface area contributed by atoms with Gasteiger partial charge in [-0.1, -0.05) is 0 Å². The zero-order valence-electron chi connectivity index (χ0n) is 6.18. The average molecular weight is 156 g/mol. The predicted molar refractivity (Wildman–Crippen MR) is 37.7 cm³/mol. The lowest BCUT2D eigenvalue weighted by Crippen LogP contribution is -2.52. The second kappa shape index (κ2) is 2.70. The molecule has 1 saturated heterocycles. The van der Waals surface area contributed by atoms with Crippen molar-refractivity contribution in [3.63, 3.8) is 0 Å². The third-order valence-corrected chi connectivity index (χ3v) is 2.07. The van der Waals surface area contributed by atoms with E-state index in [2.05, 4.69) is 6.07 Å². The molecule has 0 unspecified atom stereocenters. The van der Waals surface area contributed by atoms with Gasteiger partial charge in [0.2, 0.25) is 5.60 Å². The molecule has 0 aliphatic carbocycles. The van der Waals surface area contributed by atoms with Crippen LogP contribution in [0, 0.1) is 11.3 Å². The monoisotopic (exact) mass is 156 g/mol.